The number of nitriles is 1. The first kappa shape index (κ1) is 14.9. The first-order valence-electron chi connectivity index (χ1n) is 6.30. The van der Waals surface area contributed by atoms with Crippen LogP contribution >= 0.6 is 0 Å². The van der Waals surface area contributed by atoms with Crippen molar-refractivity contribution in [3.05, 3.63) is 0 Å². The molecule has 0 aromatic rings. The van der Waals surface area contributed by atoms with Crippen molar-refractivity contribution in [3.8, 4) is 6.07 Å². The van der Waals surface area contributed by atoms with E-state index in [1.165, 1.54) is 0 Å². The molecule has 1 amide bonds. The number of rotatable bonds is 6. The standard InChI is InChI=1S/C12H21FN4O/c1-12(3-6-15-7-4-12)16-9-11(18)17-10(8-14)2-5-13/h10,15-16H,2-7,9H2,1H3,(H,17,18). The zero-order valence-corrected chi connectivity index (χ0v) is 10.8. The molecule has 6 heteroatoms. The number of halogens is 1. The van der Waals surface area contributed by atoms with Crippen molar-refractivity contribution in [1.29, 1.82) is 5.26 Å². The van der Waals surface area contributed by atoms with Crippen LogP contribution in [0.3, 0.4) is 0 Å². The average Bonchev–Trinajstić information content (AvgIpc) is 2.37. The van der Waals surface area contributed by atoms with E-state index in [2.05, 4.69) is 22.9 Å². The number of nitrogens with zero attached hydrogens (tertiary/aromatic N) is 1. The van der Waals surface area contributed by atoms with Crippen molar-refractivity contribution >= 4 is 5.91 Å². The van der Waals surface area contributed by atoms with Crippen LogP contribution in [-0.4, -0.2) is 43.8 Å². The highest BCUT2D eigenvalue weighted by molar-refractivity contribution is 5.78. The summed E-state index contributed by atoms with van der Waals surface area (Å²) in [6.07, 6.45) is 1.97. The van der Waals surface area contributed by atoms with E-state index in [-0.39, 0.29) is 24.4 Å². The summed E-state index contributed by atoms with van der Waals surface area (Å²) < 4.78 is 12.1. The Hall–Kier alpha value is -1.19. The van der Waals surface area contributed by atoms with Crippen LogP contribution in [0.15, 0.2) is 0 Å². The lowest BCUT2D eigenvalue weighted by Gasteiger charge is -2.35. The van der Waals surface area contributed by atoms with E-state index in [1.807, 2.05) is 6.07 Å². The molecule has 0 bridgehead atoms. The number of amides is 1. The topological polar surface area (TPSA) is 77.0 Å². The summed E-state index contributed by atoms with van der Waals surface area (Å²) in [5.41, 5.74) is -0.0369. The van der Waals surface area contributed by atoms with Crippen LogP contribution in [0.5, 0.6) is 0 Å². The van der Waals surface area contributed by atoms with Gasteiger partial charge in [0.25, 0.3) is 0 Å². The number of nitrogens with one attached hydrogen (secondary N) is 3. The van der Waals surface area contributed by atoms with Gasteiger partial charge in [0.15, 0.2) is 0 Å². The quantitative estimate of drug-likeness (QED) is 0.629. The fourth-order valence-electron chi connectivity index (χ4n) is 1.97. The normalized spacial score (nSPS) is 19.8. The Balaban J connectivity index is 2.29. The third-order valence-corrected chi connectivity index (χ3v) is 3.27. The molecule has 1 atom stereocenters. The maximum absolute atomic E-state index is 12.1. The third-order valence-electron chi connectivity index (χ3n) is 3.27. The van der Waals surface area contributed by atoms with Crippen molar-refractivity contribution in [2.75, 3.05) is 26.3 Å². The summed E-state index contributed by atoms with van der Waals surface area (Å²) in [5, 5.41) is 17.7. The van der Waals surface area contributed by atoms with Crippen LogP contribution in [0.4, 0.5) is 4.39 Å². The number of piperidine rings is 1. The summed E-state index contributed by atoms with van der Waals surface area (Å²) in [5.74, 6) is -0.255. The van der Waals surface area contributed by atoms with Crippen LogP contribution in [0.2, 0.25) is 0 Å². The third kappa shape index (κ3) is 4.98. The number of carbonyl (C=O) groups is 1. The van der Waals surface area contributed by atoms with E-state index in [9.17, 15) is 9.18 Å². The van der Waals surface area contributed by atoms with Crippen molar-refractivity contribution in [2.45, 2.75) is 37.8 Å². The van der Waals surface area contributed by atoms with Gasteiger partial charge in [-0.1, -0.05) is 0 Å². The van der Waals surface area contributed by atoms with Gasteiger partial charge in [-0.3, -0.25) is 9.18 Å². The Kier molecular flexibility index (Phi) is 6.02. The van der Waals surface area contributed by atoms with Crippen molar-refractivity contribution in [3.63, 3.8) is 0 Å². The van der Waals surface area contributed by atoms with Gasteiger partial charge in [0.1, 0.15) is 6.04 Å². The van der Waals surface area contributed by atoms with Crippen molar-refractivity contribution < 1.29 is 9.18 Å². The van der Waals surface area contributed by atoms with Gasteiger partial charge in [0, 0.05) is 12.0 Å². The van der Waals surface area contributed by atoms with Crippen molar-refractivity contribution in [2.24, 2.45) is 0 Å². The summed E-state index contributed by atoms with van der Waals surface area (Å²) in [6, 6.07) is 1.14. The fraction of sp³-hybridized carbons (Fsp3) is 0.833. The van der Waals surface area contributed by atoms with Crippen LogP contribution in [0, 0.1) is 11.3 Å². The van der Waals surface area contributed by atoms with Gasteiger partial charge in [-0.05, 0) is 32.9 Å². The van der Waals surface area contributed by atoms with E-state index >= 15 is 0 Å². The lowest BCUT2D eigenvalue weighted by molar-refractivity contribution is -0.121. The predicted molar refractivity (Wildman–Crippen MR) is 66.6 cm³/mol. The predicted octanol–water partition coefficient (Wildman–Crippen LogP) is 0.0861. The molecule has 3 N–H and O–H groups in total. The van der Waals surface area contributed by atoms with E-state index in [1.54, 1.807) is 0 Å². The van der Waals surface area contributed by atoms with Gasteiger partial charge in [0.2, 0.25) is 5.91 Å². The van der Waals surface area contributed by atoms with Crippen LogP contribution in [-0.2, 0) is 4.79 Å². The molecule has 1 fully saturated rings. The Morgan fingerprint density at radius 1 is 1.56 bits per heavy atom. The number of hydrogen-bond acceptors (Lipinski definition) is 4. The SMILES string of the molecule is CC1(NCC(=O)NC(C#N)CCF)CCNCC1. The highest BCUT2D eigenvalue weighted by Crippen LogP contribution is 2.16. The molecule has 0 spiro atoms. The van der Waals surface area contributed by atoms with Gasteiger partial charge in [-0.25, -0.2) is 0 Å². The molecule has 0 saturated carbocycles. The van der Waals surface area contributed by atoms with Crippen LogP contribution in [0.25, 0.3) is 0 Å². The summed E-state index contributed by atoms with van der Waals surface area (Å²) in [4.78, 5) is 11.6. The largest absolute Gasteiger partial charge is 0.339 e. The summed E-state index contributed by atoms with van der Waals surface area (Å²) in [6.45, 7) is 3.53. The number of carbonyl (C=O) groups excluding carboxylic acids is 1. The summed E-state index contributed by atoms with van der Waals surface area (Å²) in [7, 11) is 0. The molecule has 0 aromatic heterocycles. The van der Waals surface area contributed by atoms with Gasteiger partial charge in [0.05, 0.1) is 19.3 Å². The Labute approximate surface area is 107 Å². The Bertz CT molecular complexity index is 310. The minimum Gasteiger partial charge on any atom is -0.339 e. The maximum atomic E-state index is 12.1. The second-order valence-corrected chi connectivity index (χ2v) is 4.89. The van der Waals surface area contributed by atoms with E-state index in [0.29, 0.717) is 0 Å². The number of hydrogen-bond donors (Lipinski definition) is 3. The number of alkyl halides is 1. The second-order valence-electron chi connectivity index (χ2n) is 4.89. The molecule has 1 heterocycles. The molecule has 1 unspecified atom stereocenters. The van der Waals surface area contributed by atoms with Crippen LogP contribution in [0.1, 0.15) is 26.2 Å². The smallest absolute Gasteiger partial charge is 0.235 e. The first-order valence-corrected chi connectivity index (χ1v) is 6.30. The fourth-order valence-corrected chi connectivity index (χ4v) is 1.97. The lowest BCUT2D eigenvalue weighted by atomic mass is 9.91. The minimum atomic E-state index is -0.731. The molecule has 102 valence electrons. The van der Waals surface area contributed by atoms with E-state index in [0.717, 1.165) is 25.9 Å². The van der Waals surface area contributed by atoms with E-state index in [4.69, 9.17) is 5.26 Å². The first-order chi connectivity index (χ1) is 8.59. The molecule has 1 saturated heterocycles. The average molecular weight is 256 g/mol. The van der Waals surface area contributed by atoms with Gasteiger partial charge in [-0.15, -0.1) is 0 Å². The summed E-state index contributed by atoms with van der Waals surface area (Å²) >= 11 is 0. The van der Waals surface area contributed by atoms with Crippen LogP contribution < -0.4 is 16.0 Å². The zero-order valence-electron chi connectivity index (χ0n) is 10.8. The lowest BCUT2D eigenvalue weighted by Crippen LogP contribution is -2.53. The highest BCUT2D eigenvalue weighted by atomic mass is 19.1. The van der Waals surface area contributed by atoms with Gasteiger partial charge >= 0.3 is 0 Å². The molecular weight excluding hydrogens is 235 g/mol. The molecule has 1 rings (SSSR count). The molecule has 0 aromatic carbocycles. The molecule has 1 aliphatic heterocycles. The Morgan fingerprint density at radius 2 is 2.22 bits per heavy atom. The highest BCUT2D eigenvalue weighted by Gasteiger charge is 2.26. The van der Waals surface area contributed by atoms with E-state index < -0.39 is 12.7 Å². The molecule has 5 nitrogen and oxygen atoms in total. The molecule has 18 heavy (non-hydrogen) atoms. The minimum absolute atomic E-state index is 0.0369. The second kappa shape index (κ2) is 7.29. The van der Waals surface area contributed by atoms with Crippen molar-refractivity contribution in [1.82, 2.24) is 16.0 Å². The molecule has 0 aliphatic carbocycles. The molecular formula is C12H21FN4O. The maximum Gasteiger partial charge on any atom is 0.235 e. The van der Waals surface area contributed by atoms with Gasteiger partial charge in [-0.2, -0.15) is 5.26 Å². The monoisotopic (exact) mass is 256 g/mol. The zero-order chi connectivity index (χ0) is 13.4. The molecule has 0 radical (unpaired) electrons. The Morgan fingerprint density at radius 3 is 2.78 bits per heavy atom. The molecule has 1 aliphatic rings. The van der Waals surface area contributed by atoms with Gasteiger partial charge < -0.3 is 16.0 Å².